The smallest absolute Gasteiger partial charge is 0.223 e. The van der Waals surface area contributed by atoms with Crippen molar-refractivity contribution in [1.82, 2.24) is 10.2 Å². The monoisotopic (exact) mass is 350 g/mol. The molecule has 2 aromatic carbocycles. The maximum absolute atomic E-state index is 12.4. The zero-order valence-electron chi connectivity index (χ0n) is 15.3. The number of Topliss-reactive ketones (excluding diaryl/α,β-unsaturated/α-hetero) is 1. The first-order valence-corrected chi connectivity index (χ1v) is 9.31. The van der Waals surface area contributed by atoms with Gasteiger partial charge in [-0.05, 0) is 31.0 Å². The molecule has 136 valence electrons. The van der Waals surface area contributed by atoms with Gasteiger partial charge in [-0.1, -0.05) is 54.6 Å². The van der Waals surface area contributed by atoms with Crippen LogP contribution in [-0.2, 0) is 4.79 Å². The van der Waals surface area contributed by atoms with Crippen LogP contribution in [0.5, 0.6) is 0 Å². The van der Waals surface area contributed by atoms with E-state index in [4.69, 9.17) is 0 Å². The van der Waals surface area contributed by atoms with Crippen molar-refractivity contribution in [3.8, 4) is 11.1 Å². The Hall–Kier alpha value is -2.46. The molecule has 1 fully saturated rings. The van der Waals surface area contributed by atoms with E-state index in [1.807, 2.05) is 66.5 Å². The van der Waals surface area contributed by atoms with Crippen LogP contribution in [0.25, 0.3) is 11.1 Å². The summed E-state index contributed by atoms with van der Waals surface area (Å²) in [5.41, 5.74) is 2.89. The first kappa shape index (κ1) is 18.3. The molecule has 1 amide bonds. The SMILES string of the molecule is CNC1CCCN(C(=O)CCC(=O)c2ccc(-c3ccccc3)cc2)C1. The fourth-order valence-electron chi connectivity index (χ4n) is 3.44. The average Bonchev–Trinajstić information content (AvgIpc) is 2.72. The van der Waals surface area contributed by atoms with E-state index >= 15 is 0 Å². The zero-order valence-corrected chi connectivity index (χ0v) is 15.3. The molecule has 4 heteroatoms. The molecule has 1 unspecified atom stereocenters. The van der Waals surface area contributed by atoms with Gasteiger partial charge in [-0.3, -0.25) is 9.59 Å². The van der Waals surface area contributed by atoms with Crippen molar-refractivity contribution in [1.29, 1.82) is 0 Å². The molecular weight excluding hydrogens is 324 g/mol. The predicted molar refractivity (Wildman–Crippen MR) is 104 cm³/mol. The van der Waals surface area contributed by atoms with E-state index in [2.05, 4.69) is 5.32 Å². The van der Waals surface area contributed by atoms with Crippen LogP contribution < -0.4 is 5.32 Å². The van der Waals surface area contributed by atoms with E-state index in [-0.39, 0.29) is 24.5 Å². The Balaban J connectivity index is 1.54. The third kappa shape index (κ3) is 4.58. The van der Waals surface area contributed by atoms with E-state index in [0.29, 0.717) is 11.6 Å². The fraction of sp³-hybridized carbons (Fsp3) is 0.364. The van der Waals surface area contributed by atoms with Gasteiger partial charge in [0.05, 0.1) is 0 Å². The normalized spacial score (nSPS) is 17.1. The maximum atomic E-state index is 12.4. The Labute approximate surface area is 155 Å². The second kappa shape index (κ2) is 8.77. The van der Waals surface area contributed by atoms with Crippen LogP contribution >= 0.6 is 0 Å². The van der Waals surface area contributed by atoms with Crippen molar-refractivity contribution in [3.05, 3.63) is 60.2 Å². The highest BCUT2D eigenvalue weighted by atomic mass is 16.2. The first-order chi connectivity index (χ1) is 12.7. The van der Waals surface area contributed by atoms with Crippen molar-refractivity contribution >= 4 is 11.7 Å². The maximum Gasteiger partial charge on any atom is 0.223 e. The van der Waals surface area contributed by atoms with Crippen LogP contribution in [0.1, 0.15) is 36.0 Å². The van der Waals surface area contributed by atoms with Crippen molar-refractivity contribution in [2.75, 3.05) is 20.1 Å². The van der Waals surface area contributed by atoms with Gasteiger partial charge in [-0.25, -0.2) is 0 Å². The van der Waals surface area contributed by atoms with Gasteiger partial charge in [-0.2, -0.15) is 0 Å². The summed E-state index contributed by atoms with van der Waals surface area (Å²) in [6.07, 6.45) is 2.68. The quantitative estimate of drug-likeness (QED) is 0.811. The fourth-order valence-corrected chi connectivity index (χ4v) is 3.44. The molecule has 0 bridgehead atoms. The molecular formula is C22H26N2O2. The molecule has 3 rings (SSSR count). The molecule has 1 aliphatic heterocycles. The molecule has 1 heterocycles. The van der Waals surface area contributed by atoms with Gasteiger partial charge in [0.15, 0.2) is 5.78 Å². The summed E-state index contributed by atoms with van der Waals surface area (Å²) >= 11 is 0. The molecule has 0 radical (unpaired) electrons. The number of piperidine rings is 1. The molecule has 4 nitrogen and oxygen atoms in total. The molecule has 1 atom stereocenters. The van der Waals surface area contributed by atoms with Crippen LogP contribution in [-0.4, -0.2) is 42.8 Å². The molecule has 0 aromatic heterocycles. The Morgan fingerprint density at radius 2 is 1.69 bits per heavy atom. The van der Waals surface area contributed by atoms with Crippen molar-refractivity contribution in [2.24, 2.45) is 0 Å². The van der Waals surface area contributed by atoms with Crippen molar-refractivity contribution in [2.45, 2.75) is 31.7 Å². The summed E-state index contributed by atoms with van der Waals surface area (Å²) in [7, 11) is 1.93. The number of benzene rings is 2. The van der Waals surface area contributed by atoms with E-state index in [0.717, 1.165) is 37.1 Å². The number of hydrogen-bond acceptors (Lipinski definition) is 3. The number of amides is 1. The summed E-state index contributed by atoms with van der Waals surface area (Å²) in [6, 6.07) is 18.1. The van der Waals surface area contributed by atoms with Crippen LogP contribution in [0.3, 0.4) is 0 Å². The highest BCUT2D eigenvalue weighted by Gasteiger charge is 2.22. The van der Waals surface area contributed by atoms with Gasteiger partial charge in [0, 0.05) is 37.5 Å². The number of ketones is 1. The summed E-state index contributed by atoms with van der Waals surface area (Å²) < 4.78 is 0. The Bertz CT molecular complexity index is 740. The van der Waals surface area contributed by atoms with Gasteiger partial charge in [-0.15, -0.1) is 0 Å². The zero-order chi connectivity index (χ0) is 18.4. The minimum Gasteiger partial charge on any atom is -0.341 e. The second-order valence-corrected chi connectivity index (χ2v) is 6.83. The van der Waals surface area contributed by atoms with Gasteiger partial charge in [0.1, 0.15) is 0 Å². The molecule has 2 aromatic rings. The summed E-state index contributed by atoms with van der Waals surface area (Å²) in [5.74, 6) is 0.111. The number of carbonyl (C=O) groups excluding carboxylic acids is 2. The Morgan fingerprint density at radius 1 is 1.00 bits per heavy atom. The number of likely N-dealkylation sites (tertiary alicyclic amines) is 1. The highest BCUT2D eigenvalue weighted by Crippen LogP contribution is 2.20. The van der Waals surface area contributed by atoms with Gasteiger partial charge in [0.25, 0.3) is 0 Å². The number of carbonyl (C=O) groups is 2. The van der Waals surface area contributed by atoms with Gasteiger partial charge in [0.2, 0.25) is 5.91 Å². The largest absolute Gasteiger partial charge is 0.341 e. The third-order valence-corrected chi connectivity index (χ3v) is 5.06. The van der Waals surface area contributed by atoms with Crippen molar-refractivity contribution < 1.29 is 9.59 Å². The lowest BCUT2D eigenvalue weighted by molar-refractivity contribution is -0.132. The van der Waals surface area contributed by atoms with Crippen LogP contribution in [0.2, 0.25) is 0 Å². The number of nitrogens with zero attached hydrogens (tertiary/aromatic N) is 1. The number of hydrogen-bond donors (Lipinski definition) is 1. The lowest BCUT2D eigenvalue weighted by Gasteiger charge is -2.32. The van der Waals surface area contributed by atoms with Crippen molar-refractivity contribution in [3.63, 3.8) is 0 Å². The summed E-state index contributed by atoms with van der Waals surface area (Å²) in [5, 5.41) is 3.24. The number of likely N-dealkylation sites (N-methyl/N-ethyl adjacent to an activating group) is 1. The van der Waals surface area contributed by atoms with E-state index in [1.54, 1.807) is 0 Å². The first-order valence-electron chi connectivity index (χ1n) is 9.31. The van der Waals surface area contributed by atoms with Crippen LogP contribution in [0.4, 0.5) is 0 Å². The van der Waals surface area contributed by atoms with E-state index in [1.165, 1.54) is 0 Å². The second-order valence-electron chi connectivity index (χ2n) is 6.83. The molecule has 1 aliphatic rings. The number of rotatable bonds is 6. The molecule has 0 aliphatic carbocycles. The lowest BCUT2D eigenvalue weighted by Crippen LogP contribution is -2.47. The minimum absolute atomic E-state index is 0.0279. The molecule has 0 saturated carbocycles. The average molecular weight is 350 g/mol. The van der Waals surface area contributed by atoms with E-state index < -0.39 is 0 Å². The molecule has 0 spiro atoms. The Morgan fingerprint density at radius 3 is 2.38 bits per heavy atom. The van der Waals surface area contributed by atoms with Gasteiger partial charge >= 0.3 is 0 Å². The topological polar surface area (TPSA) is 49.4 Å². The summed E-state index contributed by atoms with van der Waals surface area (Å²) in [6.45, 7) is 1.55. The minimum atomic E-state index is 0.0279. The van der Waals surface area contributed by atoms with E-state index in [9.17, 15) is 9.59 Å². The van der Waals surface area contributed by atoms with Crippen LogP contribution in [0, 0.1) is 0 Å². The molecule has 1 saturated heterocycles. The standard InChI is InChI=1S/C22H26N2O2/c1-23-20-8-5-15-24(16-20)22(26)14-13-21(25)19-11-9-18(10-12-19)17-6-3-2-4-7-17/h2-4,6-7,9-12,20,23H,5,8,13-16H2,1H3. The Kier molecular flexibility index (Phi) is 6.18. The lowest BCUT2D eigenvalue weighted by atomic mass is 10.0. The van der Waals surface area contributed by atoms with Gasteiger partial charge < -0.3 is 10.2 Å². The third-order valence-electron chi connectivity index (χ3n) is 5.06. The van der Waals surface area contributed by atoms with Crippen LogP contribution in [0.15, 0.2) is 54.6 Å². The molecule has 26 heavy (non-hydrogen) atoms. The number of nitrogens with one attached hydrogen (secondary N) is 1. The molecule has 1 N–H and O–H groups in total. The predicted octanol–water partition coefficient (Wildman–Crippen LogP) is 3.53. The highest BCUT2D eigenvalue weighted by molar-refractivity contribution is 5.98. The summed E-state index contributed by atoms with van der Waals surface area (Å²) in [4.78, 5) is 26.7.